The smallest absolute Gasteiger partial charge is 0.225 e. The molecule has 8 atom stereocenters. The van der Waals surface area contributed by atoms with Gasteiger partial charge in [0.15, 0.2) is 11.9 Å². The van der Waals surface area contributed by atoms with Gasteiger partial charge in [-0.1, -0.05) is 94.9 Å². The van der Waals surface area contributed by atoms with E-state index in [0.29, 0.717) is 0 Å². The van der Waals surface area contributed by atoms with Gasteiger partial charge in [-0.15, -0.1) is 0 Å². The Labute approximate surface area is 752 Å². The highest BCUT2D eigenvalue weighted by Crippen LogP contribution is 2.12. The first kappa shape index (κ1) is 116. The number of rotatable bonds is 20. The number of nitrogens with zero attached hydrogens (tertiary/aromatic N) is 30. The molecule has 0 radical (unpaired) electrons. The summed E-state index contributed by atoms with van der Waals surface area (Å²) in [6, 6.07) is 0. The molecule has 10 N–H and O–H groups in total. The second-order valence-corrected chi connectivity index (χ2v) is 31.6. The highest BCUT2D eigenvalue weighted by atomic mass is 15.5. The summed E-state index contributed by atoms with van der Waals surface area (Å²) in [4.78, 5) is 98.9. The van der Waals surface area contributed by atoms with Gasteiger partial charge in [-0.2, -0.15) is 20.0 Å². The molecule has 0 amide bonds. The first-order valence-corrected chi connectivity index (χ1v) is 44.1. The lowest BCUT2D eigenvalue weighted by Gasteiger charge is -2.35. The molecule has 40 heteroatoms. The highest BCUT2D eigenvalue weighted by Gasteiger charge is 2.28. The van der Waals surface area contributed by atoms with Crippen molar-refractivity contribution >= 4 is 95.4 Å². The van der Waals surface area contributed by atoms with E-state index < -0.39 is 0 Å². The van der Waals surface area contributed by atoms with Crippen molar-refractivity contribution in [2.45, 2.75) is 252 Å². The lowest BCUT2D eigenvalue weighted by molar-refractivity contribution is 0.409. The molecule has 0 spiro atoms. The molecule has 124 heavy (non-hydrogen) atoms. The van der Waals surface area contributed by atoms with Crippen LogP contribution in [0, 0.1) is 0 Å². The van der Waals surface area contributed by atoms with Gasteiger partial charge in [0, 0.05) is 207 Å². The van der Waals surface area contributed by atoms with Crippen molar-refractivity contribution in [3.05, 3.63) is 0 Å². The Kier molecular flexibility index (Phi) is 58.9. The van der Waals surface area contributed by atoms with Crippen LogP contribution in [0.2, 0.25) is 0 Å². The summed E-state index contributed by atoms with van der Waals surface area (Å²) in [5.74, 6) is 13.9. The van der Waals surface area contributed by atoms with E-state index in [-0.39, 0.29) is 64.2 Å². The van der Waals surface area contributed by atoms with Crippen LogP contribution in [0.1, 0.15) is 203 Å². The summed E-state index contributed by atoms with van der Waals surface area (Å²) in [7, 11) is 43.2. The number of nitrogens with one attached hydrogen (secondary N) is 10. The summed E-state index contributed by atoms with van der Waals surface area (Å²) >= 11 is 0. The standard InChI is InChI=1S/2C12H25N5.2C11H23N5.2C10H21N5.C9H19N5.C7H15N5.2CH4/c1-6-7-8-9-17(5)12-14-10(2)13-11(15-12)16(3)4;1-6-7-8-9-16(4)12-15-10(2)14-11(13-3)17(12)5;1-6-7-8-16(5)11-13-9(2)12-10(14-11)15(3)4;1-6-7-8-15(4)11-14-9(2)13-10(12-3)16(11)5;1-6-7-15(5)10-12-8(2)11-9(13-10)14(3)4;1-6-7-14(4)10-13-8(2)12-9(11-3)15(10)5;1-6-14(5)9-11-7(2)10-8(12-9)13(3)4;1-4-9-7-11-5(2)10-6(8-3)12-7;;/h10H,6-9H2,1-5H3,(H,13,14,15);10H,6-9H2,1-5H3,(H,13,14);9H,6-8H2,1-5H3,(H,12,13,14);9H,6-8H2,1-5H3,(H,12,13);8H,6-7H2,1-5H3,(H,11,12,13);8H,6-7H2,1-5H3,(H,11,12);7H,6H2,1-5H3,(H,10,11,12);5H,4H2,1-3H3,(H3,8,9,10,11,12);2*1H4. The van der Waals surface area contributed by atoms with E-state index in [1.807, 2.05) is 188 Å². The average molecular weight is 1750 g/mol. The fourth-order valence-corrected chi connectivity index (χ4v) is 12.0. The Morgan fingerprint density at radius 3 is 0.823 bits per heavy atom. The van der Waals surface area contributed by atoms with Crippen LogP contribution >= 0.6 is 0 Å². The number of hydrogen-bond donors (Lipinski definition) is 10. The second kappa shape index (κ2) is 62.9. The maximum absolute atomic E-state index is 4.62. The summed E-state index contributed by atoms with van der Waals surface area (Å²) in [6.45, 7) is 41.3. The number of aliphatic imine (C=N–C) groups is 16. The molecule has 0 saturated carbocycles. The number of guanidine groups is 16. The molecule has 1 fully saturated rings. The van der Waals surface area contributed by atoms with E-state index >= 15 is 0 Å². The molecule has 8 rings (SSSR count). The zero-order valence-electron chi connectivity index (χ0n) is 83.2. The SMILES string of the molecule is C.C.CCCCCN(C)C1=NC(C)NC(=NC)N1C.CCCCCN(C)C1=NC(N(C)C)=NC(C)N1.CCCCN(C)C1=NC(C)NC(=NC)N1C.CCCCN(C)C1=NC(N(C)C)=NC(C)N1.CCCN(C)C1=NC(C)NC(=NC)N1C.CCCN(C)C1=NC(N(C)C)=NC(C)N1.CCN(C)C1=NC(N(C)C)=NC(C)N1.CCN=C1NC(=NC)NC(C)N1. The largest absolute Gasteiger partial charge is 0.347 e. The topological polar surface area (TPSA) is 363 Å². The van der Waals surface area contributed by atoms with Crippen molar-refractivity contribution in [2.24, 2.45) is 79.9 Å². The third kappa shape index (κ3) is 43.0. The van der Waals surface area contributed by atoms with Crippen LogP contribution in [0.3, 0.4) is 0 Å². The molecule has 40 nitrogen and oxygen atoms in total. The van der Waals surface area contributed by atoms with E-state index in [1.165, 1.54) is 64.2 Å². The normalized spacial score (nSPS) is 21.7. The molecule has 8 unspecified atom stereocenters. The van der Waals surface area contributed by atoms with Crippen molar-refractivity contribution in [3.63, 3.8) is 0 Å². The van der Waals surface area contributed by atoms with Crippen LogP contribution < -0.4 is 53.2 Å². The molecule has 8 aliphatic heterocycles. The molecular formula is C84H180N40. The molecule has 716 valence electrons. The highest BCUT2D eigenvalue weighted by molar-refractivity contribution is 6.03. The summed E-state index contributed by atoms with van der Waals surface area (Å²) in [5, 5.41) is 31.9. The van der Waals surface area contributed by atoms with Crippen molar-refractivity contribution in [3.8, 4) is 0 Å². The van der Waals surface area contributed by atoms with Crippen LogP contribution in [0.5, 0.6) is 0 Å². The van der Waals surface area contributed by atoms with Gasteiger partial charge in [0.1, 0.15) is 43.2 Å². The first-order valence-electron chi connectivity index (χ1n) is 44.1. The van der Waals surface area contributed by atoms with E-state index in [2.05, 4.69) is 251 Å². The van der Waals surface area contributed by atoms with Gasteiger partial charge < -0.3 is 102 Å². The predicted octanol–water partition coefficient (Wildman–Crippen LogP) is 6.56. The molecule has 1 saturated heterocycles. The maximum atomic E-state index is 4.62. The second-order valence-electron chi connectivity index (χ2n) is 31.6. The molecular weight excluding hydrogens is 1570 g/mol. The summed E-state index contributed by atoms with van der Waals surface area (Å²) in [5.41, 5.74) is 0. The van der Waals surface area contributed by atoms with Crippen LogP contribution in [0.25, 0.3) is 0 Å². The van der Waals surface area contributed by atoms with E-state index in [1.54, 1.807) is 28.2 Å². The third-order valence-corrected chi connectivity index (χ3v) is 18.9. The quantitative estimate of drug-likeness (QED) is 0.0577. The Morgan fingerprint density at radius 1 is 0.290 bits per heavy atom. The summed E-state index contributed by atoms with van der Waals surface area (Å²) < 4.78 is 0. The van der Waals surface area contributed by atoms with Crippen LogP contribution in [-0.2, 0) is 0 Å². The van der Waals surface area contributed by atoms with Crippen molar-refractivity contribution in [2.75, 3.05) is 207 Å². The van der Waals surface area contributed by atoms with Crippen molar-refractivity contribution in [1.29, 1.82) is 0 Å². The number of unbranched alkanes of at least 4 members (excludes halogenated alkanes) is 6. The minimum atomic E-state index is 0. The van der Waals surface area contributed by atoms with Gasteiger partial charge in [0.05, 0.1) is 6.17 Å². The average Bonchev–Trinajstić information content (AvgIpc) is 0.864. The Balaban J connectivity index is 0. The van der Waals surface area contributed by atoms with E-state index in [0.717, 1.165) is 161 Å². The van der Waals surface area contributed by atoms with Crippen LogP contribution in [0.4, 0.5) is 0 Å². The fraction of sp³-hybridized carbons (Fsp3) is 0.810. The van der Waals surface area contributed by atoms with Gasteiger partial charge in [-0.25, -0.2) is 34.9 Å². The van der Waals surface area contributed by atoms with Crippen molar-refractivity contribution in [1.82, 2.24) is 122 Å². The van der Waals surface area contributed by atoms with Gasteiger partial charge in [0.2, 0.25) is 83.4 Å². The molecule has 0 aromatic rings. The molecule has 0 bridgehead atoms. The fourth-order valence-electron chi connectivity index (χ4n) is 12.0. The lowest BCUT2D eigenvalue weighted by Crippen LogP contribution is -2.61. The van der Waals surface area contributed by atoms with Crippen LogP contribution in [0.15, 0.2) is 79.9 Å². The minimum absolute atomic E-state index is 0. The van der Waals surface area contributed by atoms with E-state index in [4.69, 9.17) is 0 Å². The monoisotopic (exact) mass is 1750 g/mol. The zero-order chi connectivity index (χ0) is 92.5. The van der Waals surface area contributed by atoms with Crippen molar-refractivity contribution < 1.29 is 0 Å². The van der Waals surface area contributed by atoms with Gasteiger partial charge in [-0.3, -0.25) is 45.0 Å². The molecule has 0 aromatic heterocycles. The number of hydrogen-bond acceptors (Lipinski definition) is 31. The Hall–Kier alpha value is -10.1. The Morgan fingerprint density at radius 2 is 0.548 bits per heavy atom. The maximum Gasteiger partial charge on any atom is 0.225 e. The molecule has 8 heterocycles. The Bertz CT molecular complexity index is 3510. The molecule has 0 aliphatic carbocycles. The minimum Gasteiger partial charge on any atom is -0.347 e. The van der Waals surface area contributed by atoms with Gasteiger partial charge >= 0.3 is 0 Å². The predicted molar refractivity (Wildman–Crippen MR) is 535 cm³/mol. The first-order chi connectivity index (χ1) is 57.7. The van der Waals surface area contributed by atoms with E-state index in [9.17, 15) is 0 Å². The molecule has 0 aromatic carbocycles. The summed E-state index contributed by atoms with van der Waals surface area (Å²) in [6.07, 6.45) is 15.2. The van der Waals surface area contributed by atoms with Crippen LogP contribution in [-0.4, -0.2) is 421 Å². The molecule has 8 aliphatic rings. The van der Waals surface area contributed by atoms with Gasteiger partial charge in [0.25, 0.3) is 0 Å². The lowest BCUT2D eigenvalue weighted by atomic mass is 10.2. The zero-order valence-corrected chi connectivity index (χ0v) is 83.2. The third-order valence-electron chi connectivity index (χ3n) is 18.9. The van der Waals surface area contributed by atoms with Gasteiger partial charge in [-0.05, 0) is 108 Å².